The normalized spacial score (nSPS) is 11.1. The van der Waals surface area contributed by atoms with E-state index in [4.69, 9.17) is 10.2 Å². The zero-order valence-electron chi connectivity index (χ0n) is 9.45. The van der Waals surface area contributed by atoms with E-state index in [9.17, 15) is 4.39 Å². The number of halogens is 3. The number of nitrogen functional groups attached to an aromatic ring is 1. The van der Waals surface area contributed by atoms with Crippen molar-refractivity contribution >= 4 is 48.6 Å². The van der Waals surface area contributed by atoms with E-state index in [0.717, 1.165) is 0 Å². The number of benzene rings is 2. The fourth-order valence-electron chi connectivity index (χ4n) is 1.76. The molecule has 0 radical (unpaired) electrons. The van der Waals surface area contributed by atoms with Gasteiger partial charge in [-0.3, -0.25) is 0 Å². The lowest BCUT2D eigenvalue weighted by atomic mass is 10.2. The number of hydrogen-bond donors (Lipinski definition) is 1. The van der Waals surface area contributed by atoms with Crippen molar-refractivity contribution < 1.29 is 8.81 Å². The van der Waals surface area contributed by atoms with Crippen molar-refractivity contribution in [1.82, 2.24) is 4.98 Å². The minimum atomic E-state index is -0.334. The molecule has 0 bridgehead atoms. The van der Waals surface area contributed by atoms with E-state index in [1.54, 1.807) is 18.2 Å². The number of fused-ring (bicyclic) bond motifs is 1. The third-order valence-electron chi connectivity index (χ3n) is 2.68. The quantitative estimate of drug-likeness (QED) is 0.615. The standard InChI is InChI=1S/C13H7Br2FN2O/c14-8-5-9-12(10(15)11(8)17)18-13(19-9)6-2-1-3-7(16)4-6/h1-5H,17H2. The molecular formula is C13H7Br2FN2O. The Hall–Kier alpha value is -1.40. The van der Waals surface area contributed by atoms with Crippen LogP contribution in [0.1, 0.15) is 0 Å². The van der Waals surface area contributed by atoms with Gasteiger partial charge in [-0.2, -0.15) is 0 Å². The molecule has 6 heteroatoms. The van der Waals surface area contributed by atoms with Gasteiger partial charge < -0.3 is 10.2 Å². The van der Waals surface area contributed by atoms with Crippen LogP contribution in [0.3, 0.4) is 0 Å². The molecule has 0 spiro atoms. The van der Waals surface area contributed by atoms with Crippen molar-refractivity contribution in [2.24, 2.45) is 0 Å². The molecule has 0 aliphatic heterocycles. The molecule has 1 aromatic heterocycles. The van der Waals surface area contributed by atoms with Crippen molar-refractivity contribution in [1.29, 1.82) is 0 Å². The van der Waals surface area contributed by atoms with Crippen molar-refractivity contribution in [2.75, 3.05) is 5.73 Å². The molecule has 0 amide bonds. The summed E-state index contributed by atoms with van der Waals surface area (Å²) in [5, 5.41) is 0. The van der Waals surface area contributed by atoms with Crippen LogP contribution in [0.4, 0.5) is 10.1 Å². The van der Waals surface area contributed by atoms with Crippen molar-refractivity contribution in [3.8, 4) is 11.5 Å². The third-order valence-corrected chi connectivity index (χ3v) is 4.14. The van der Waals surface area contributed by atoms with Gasteiger partial charge >= 0.3 is 0 Å². The minimum absolute atomic E-state index is 0.334. The molecule has 96 valence electrons. The summed E-state index contributed by atoms with van der Waals surface area (Å²) < 4.78 is 20.2. The molecule has 19 heavy (non-hydrogen) atoms. The average Bonchev–Trinajstić information content (AvgIpc) is 2.80. The van der Waals surface area contributed by atoms with Crippen LogP contribution in [0.5, 0.6) is 0 Å². The van der Waals surface area contributed by atoms with Crippen LogP contribution in [-0.2, 0) is 0 Å². The molecular weight excluding hydrogens is 379 g/mol. The lowest BCUT2D eigenvalue weighted by Crippen LogP contribution is -1.88. The lowest BCUT2D eigenvalue weighted by molar-refractivity contribution is 0.611. The van der Waals surface area contributed by atoms with Gasteiger partial charge in [0.05, 0.1) is 10.2 Å². The molecule has 1 heterocycles. The summed E-state index contributed by atoms with van der Waals surface area (Å²) in [4.78, 5) is 4.34. The highest BCUT2D eigenvalue weighted by molar-refractivity contribution is 9.11. The maximum absolute atomic E-state index is 13.2. The average molecular weight is 386 g/mol. The fraction of sp³-hybridized carbons (Fsp3) is 0. The number of anilines is 1. The topological polar surface area (TPSA) is 52.0 Å². The Morgan fingerprint density at radius 1 is 1.21 bits per heavy atom. The van der Waals surface area contributed by atoms with Crippen LogP contribution in [0.25, 0.3) is 22.6 Å². The summed E-state index contributed by atoms with van der Waals surface area (Å²) in [5.74, 6) is 0.0206. The highest BCUT2D eigenvalue weighted by Gasteiger charge is 2.15. The van der Waals surface area contributed by atoms with Gasteiger partial charge in [-0.25, -0.2) is 9.37 Å². The second-order valence-electron chi connectivity index (χ2n) is 3.96. The SMILES string of the molecule is Nc1c(Br)cc2oc(-c3cccc(F)c3)nc2c1Br. The summed E-state index contributed by atoms with van der Waals surface area (Å²) in [7, 11) is 0. The Labute approximate surface area is 124 Å². The van der Waals surface area contributed by atoms with Gasteiger partial charge in [-0.15, -0.1) is 0 Å². The van der Waals surface area contributed by atoms with Gasteiger partial charge in [0, 0.05) is 10.0 Å². The monoisotopic (exact) mass is 384 g/mol. The zero-order chi connectivity index (χ0) is 13.6. The first-order valence-corrected chi connectivity index (χ1v) is 6.95. The second-order valence-corrected chi connectivity index (χ2v) is 5.61. The van der Waals surface area contributed by atoms with E-state index in [2.05, 4.69) is 36.8 Å². The Bertz CT molecular complexity index is 786. The van der Waals surface area contributed by atoms with Gasteiger partial charge in [-0.1, -0.05) is 6.07 Å². The van der Waals surface area contributed by atoms with E-state index in [1.807, 2.05) is 0 Å². The van der Waals surface area contributed by atoms with Gasteiger partial charge in [0.1, 0.15) is 11.3 Å². The van der Waals surface area contributed by atoms with Crippen molar-refractivity contribution in [2.45, 2.75) is 0 Å². The van der Waals surface area contributed by atoms with Crippen LogP contribution in [0.2, 0.25) is 0 Å². The summed E-state index contributed by atoms with van der Waals surface area (Å²) in [6.07, 6.45) is 0. The van der Waals surface area contributed by atoms with Crippen LogP contribution in [0, 0.1) is 5.82 Å². The number of oxazole rings is 1. The second kappa shape index (κ2) is 4.61. The molecule has 0 atom stereocenters. The molecule has 3 rings (SSSR count). The van der Waals surface area contributed by atoms with Gasteiger partial charge in [0.25, 0.3) is 0 Å². The lowest BCUT2D eigenvalue weighted by Gasteiger charge is -1.99. The van der Waals surface area contributed by atoms with Crippen LogP contribution >= 0.6 is 31.9 Å². The smallest absolute Gasteiger partial charge is 0.227 e. The van der Waals surface area contributed by atoms with E-state index >= 15 is 0 Å². The van der Waals surface area contributed by atoms with Crippen molar-refractivity contribution in [3.05, 3.63) is 45.1 Å². The Morgan fingerprint density at radius 2 is 2.00 bits per heavy atom. The Balaban J connectivity index is 2.25. The first-order valence-electron chi connectivity index (χ1n) is 5.36. The van der Waals surface area contributed by atoms with Gasteiger partial charge in [-0.05, 0) is 56.1 Å². The molecule has 0 aliphatic rings. The molecule has 0 saturated heterocycles. The molecule has 0 unspecified atom stereocenters. The van der Waals surface area contributed by atoms with Crippen molar-refractivity contribution in [3.63, 3.8) is 0 Å². The van der Waals surface area contributed by atoms with E-state index in [-0.39, 0.29) is 5.82 Å². The molecule has 2 aromatic carbocycles. The molecule has 0 aliphatic carbocycles. The fourth-order valence-corrected chi connectivity index (χ4v) is 2.93. The highest BCUT2D eigenvalue weighted by Crippen LogP contribution is 2.37. The van der Waals surface area contributed by atoms with Gasteiger partial charge in [0.2, 0.25) is 5.89 Å². The Kier molecular flexibility index (Phi) is 3.06. The maximum atomic E-state index is 13.2. The zero-order valence-corrected chi connectivity index (χ0v) is 12.6. The largest absolute Gasteiger partial charge is 0.436 e. The highest BCUT2D eigenvalue weighted by atomic mass is 79.9. The third kappa shape index (κ3) is 2.15. The van der Waals surface area contributed by atoms with Gasteiger partial charge in [0.15, 0.2) is 5.58 Å². The summed E-state index contributed by atoms with van der Waals surface area (Å²) >= 11 is 6.72. The van der Waals surface area contributed by atoms with Crippen LogP contribution in [-0.4, -0.2) is 4.98 Å². The molecule has 0 fully saturated rings. The predicted octanol–water partition coefficient (Wildman–Crippen LogP) is 4.74. The summed E-state index contributed by atoms with van der Waals surface area (Å²) in [6, 6.07) is 7.83. The van der Waals surface area contributed by atoms with E-state index < -0.39 is 0 Å². The molecule has 0 saturated carbocycles. The summed E-state index contributed by atoms with van der Waals surface area (Å²) in [5.41, 5.74) is 8.20. The number of aromatic nitrogens is 1. The number of nitrogens with two attached hydrogens (primary N) is 1. The maximum Gasteiger partial charge on any atom is 0.227 e. The van der Waals surface area contributed by atoms with E-state index in [0.29, 0.717) is 37.2 Å². The number of nitrogens with zero attached hydrogens (tertiary/aromatic N) is 1. The molecule has 3 nitrogen and oxygen atoms in total. The molecule has 2 N–H and O–H groups in total. The predicted molar refractivity (Wildman–Crippen MR) is 79.2 cm³/mol. The van der Waals surface area contributed by atoms with E-state index in [1.165, 1.54) is 12.1 Å². The number of hydrogen-bond acceptors (Lipinski definition) is 3. The van der Waals surface area contributed by atoms with Crippen LogP contribution < -0.4 is 5.73 Å². The summed E-state index contributed by atoms with van der Waals surface area (Å²) in [6.45, 7) is 0. The van der Waals surface area contributed by atoms with Crippen LogP contribution in [0.15, 0.2) is 43.7 Å². The first kappa shape index (κ1) is 12.6. The first-order chi connectivity index (χ1) is 9.06. The molecule has 3 aromatic rings. The minimum Gasteiger partial charge on any atom is -0.436 e. The number of rotatable bonds is 1. The Morgan fingerprint density at radius 3 is 2.74 bits per heavy atom.